The molecule has 3 aromatic carbocycles. The molecule has 4 aromatic rings. The molecule has 12 amide bonds. The monoisotopic (exact) mass is 1240 g/mol. The van der Waals surface area contributed by atoms with E-state index in [1.807, 2.05) is 24.3 Å². The van der Waals surface area contributed by atoms with Crippen LogP contribution in [0.15, 0.2) is 90.1 Å². The fourth-order valence-electron chi connectivity index (χ4n) is 9.74. The van der Waals surface area contributed by atoms with Crippen molar-refractivity contribution in [2.75, 3.05) is 20.1 Å². The minimum absolute atomic E-state index is 0. The summed E-state index contributed by atoms with van der Waals surface area (Å²) in [6.45, 7) is 5.70. The predicted molar refractivity (Wildman–Crippen MR) is 327 cm³/mol. The van der Waals surface area contributed by atoms with Crippen LogP contribution in [0.4, 0.5) is 4.79 Å². The number of nitrogens with zero attached hydrogens (tertiary/aromatic N) is 2. The zero-order chi connectivity index (χ0) is 64.8. The number of carbonyl (C=O) groups is 11. The summed E-state index contributed by atoms with van der Waals surface area (Å²) in [7, 11) is 1.48. The molecule has 0 bridgehead atoms. The highest BCUT2D eigenvalue weighted by molar-refractivity contribution is 5.99. The number of fused-ring (bicyclic) bond motifs is 1. The third-order valence-electron chi connectivity index (χ3n) is 14.2. The van der Waals surface area contributed by atoms with Gasteiger partial charge in [-0.1, -0.05) is 81.9 Å². The molecule has 1 aliphatic rings. The van der Waals surface area contributed by atoms with Crippen LogP contribution in [0.3, 0.4) is 0 Å². The molecule has 1 saturated heterocycles. The molecule has 30 nitrogen and oxygen atoms in total. The number of aliphatic imine (C=N–C) groups is 1. The van der Waals surface area contributed by atoms with Gasteiger partial charge in [-0.05, 0) is 67.0 Å². The van der Waals surface area contributed by atoms with Gasteiger partial charge < -0.3 is 84.9 Å². The van der Waals surface area contributed by atoms with E-state index in [0.717, 1.165) is 22.7 Å². The Morgan fingerprint density at radius 3 is 1.91 bits per heavy atom. The molecule has 89 heavy (non-hydrogen) atoms. The number of benzene rings is 3. The van der Waals surface area contributed by atoms with Crippen LogP contribution in [0, 0.1) is 5.92 Å². The number of aliphatic hydroxyl groups excluding tert-OH is 2. The van der Waals surface area contributed by atoms with Gasteiger partial charge in [-0.2, -0.15) is 0 Å². The number of urea groups is 1. The summed E-state index contributed by atoms with van der Waals surface area (Å²) in [5.41, 5.74) is 23.9. The van der Waals surface area contributed by atoms with Gasteiger partial charge in [0.15, 0.2) is 5.96 Å². The number of nitrogens with one attached hydrogen (secondary N) is 11. The molecule has 1 aromatic heterocycles. The first-order valence-corrected chi connectivity index (χ1v) is 28.5. The lowest BCUT2D eigenvalue weighted by Gasteiger charge is -2.30. The van der Waals surface area contributed by atoms with Crippen LogP contribution in [0.5, 0.6) is 5.75 Å². The minimum Gasteiger partial charge on any atom is -0.508 e. The number of carbonyl (C=O) groups excluding carboxylic acids is 11. The largest absolute Gasteiger partial charge is 0.508 e. The second-order valence-electron chi connectivity index (χ2n) is 21.8. The van der Waals surface area contributed by atoms with E-state index in [-0.39, 0.29) is 83.1 Å². The van der Waals surface area contributed by atoms with Gasteiger partial charge in [-0.25, -0.2) is 10.2 Å². The molecule has 484 valence electrons. The molecule has 0 spiro atoms. The highest BCUT2D eigenvalue weighted by Crippen LogP contribution is 2.23. The number of H-pyrrole nitrogens is 1. The summed E-state index contributed by atoms with van der Waals surface area (Å²) < 4.78 is 0. The van der Waals surface area contributed by atoms with Gasteiger partial charge in [0.1, 0.15) is 54.1 Å². The van der Waals surface area contributed by atoms with Crippen molar-refractivity contribution in [3.63, 3.8) is 0 Å². The van der Waals surface area contributed by atoms with Crippen LogP contribution in [0.2, 0.25) is 0 Å². The molecule has 0 radical (unpaired) electrons. The number of aromatic nitrogens is 1. The molecule has 30 heteroatoms. The number of phenolic OH excluding ortho intramolecular Hbond substituents is 1. The van der Waals surface area contributed by atoms with Crippen molar-refractivity contribution in [3.8, 4) is 5.75 Å². The second kappa shape index (κ2) is 34.5. The fourth-order valence-corrected chi connectivity index (χ4v) is 9.74. The average molecular weight is 1240 g/mol. The van der Waals surface area contributed by atoms with Gasteiger partial charge in [0.05, 0.1) is 18.6 Å². The number of likely N-dealkylation sites (tertiary alicyclic amines) is 1. The van der Waals surface area contributed by atoms with Crippen LogP contribution in [-0.4, -0.2) is 177 Å². The normalized spacial score (nSPS) is 16.4. The van der Waals surface area contributed by atoms with E-state index in [0.29, 0.717) is 16.7 Å². The van der Waals surface area contributed by atoms with Crippen molar-refractivity contribution < 1.29 is 68.1 Å². The highest BCUT2D eigenvalue weighted by Gasteiger charge is 2.43. The standard InChI is InChI=1S/C58H80N16O14.CH4/c1-30(2)22-42(51(82)66-40(16-11-21-63-57(61)62-5)50(81)67-41(49(60)80)25-35-28-64-39-15-10-9-14-38(35)39)70-58(88)73-72-53(84)43(23-33-12-7-6-8-13-33)69-55(86)48(31(3)75)71-52(83)44(27-47(59)79)68-54(85)46-26-37(78)29-74(46)56(87)45(65-32(4)76)24-34-17-19-36(77)20-18-34;/h6-10,12-15,17-20,28,30-31,37,40-46,48,64,75,77-78H,11,16,21-27,29H2,1-5H3,(H2,59,79)(H2,60,80)(H,65,76)(H,66,82)(H,67,81)(H,68,85)(H,69,86)(H,71,83)(H,72,84)(H3,61,62,63)(H2,70,73,88);1H4/t31-,37-,40+,41+,42+,43+,44+,45-,46+,48+;/m1./s1. The maximum absolute atomic E-state index is 14.1. The van der Waals surface area contributed by atoms with Crippen LogP contribution in [0.25, 0.3) is 10.9 Å². The van der Waals surface area contributed by atoms with Crippen LogP contribution < -0.4 is 70.6 Å². The summed E-state index contributed by atoms with van der Waals surface area (Å²) >= 11 is 0. The molecular formula is C59H84N16O14. The van der Waals surface area contributed by atoms with Crippen molar-refractivity contribution in [3.05, 3.63) is 102 Å². The maximum atomic E-state index is 14.1. The van der Waals surface area contributed by atoms with E-state index in [1.165, 1.54) is 38.2 Å². The van der Waals surface area contributed by atoms with Crippen molar-refractivity contribution in [2.45, 2.75) is 147 Å². The Hall–Kier alpha value is -9.84. The molecule has 0 aliphatic carbocycles. The van der Waals surface area contributed by atoms with Crippen molar-refractivity contribution in [1.82, 2.24) is 63.3 Å². The van der Waals surface area contributed by atoms with Crippen molar-refractivity contribution in [2.24, 2.45) is 28.1 Å². The van der Waals surface area contributed by atoms with Gasteiger partial charge in [-0.15, -0.1) is 0 Å². The average Bonchev–Trinajstić information content (AvgIpc) is 2.05. The molecule has 0 saturated carbocycles. The first-order valence-electron chi connectivity index (χ1n) is 28.5. The summed E-state index contributed by atoms with van der Waals surface area (Å²) in [5, 5.41) is 52.5. The lowest BCUT2D eigenvalue weighted by atomic mass is 10.0. The van der Waals surface area contributed by atoms with E-state index < -0.39 is 132 Å². The quantitative estimate of drug-likeness (QED) is 0.0109. The number of amides is 12. The second-order valence-corrected chi connectivity index (χ2v) is 21.8. The van der Waals surface area contributed by atoms with E-state index >= 15 is 0 Å². The first-order chi connectivity index (χ1) is 41.7. The van der Waals surface area contributed by atoms with Crippen molar-refractivity contribution in [1.29, 1.82) is 0 Å². The topological polar surface area (TPSA) is 478 Å². The molecule has 1 aliphatic heterocycles. The number of aliphatic hydroxyl groups is 2. The van der Waals surface area contributed by atoms with Crippen molar-refractivity contribution >= 4 is 82.0 Å². The Morgan fingerprint density at radius 1 is 0.674 bits per heavy atom. The Bertz CT molecular complexity index is 3140. The fraction of sp³-hybridized carbons (Fsp3) is 0.458. The number of β-amino-alcohol motifs (C(OH)–C–C–N with tert-alkyl or cyclic N) is 1. The third-order valence-corrected chi connectivity index (χ3v) is 14.2. The number of phenols is 1. The molecule has 10 atom stereocenters. The lowest BCUT2D eigenvalue weighted by Crippen LogP contribution is -2.62. The number of rotatable bonds is 30. The predicted octanol–water partition coefficient (Wildman–Crippen LogP) is -2.77. The molecule has 1 fully saturated rings. The molecule has 0 unspecified atom stereocenters. The van der Waals surface area contributed by atoms with E-state index in [1.54, 1.807) is 50.4 Å². The summed E-state index contributed by atoms with van der Waals surface area (Å²) in [5.74, 6) is -9.47. The van der Waals surface area contributed by atoms with Crippen LogP contribution >= 0.6 is 0 Å². The molecule has 2 heterocycles. The van der Waals surface area contributed by atoms with Gasteiger partial charge in [0, 0.05) is 69.8 Å². The van der Waals surface area contributed by atoms with E-state index in [9.17, 15) is 68.1 Å². The zero-order valence-electron chi connectivity index (χ0n) is 49.5. The maximum Gasteiger partial charge on any atom is 0.334 e. The van der Waals surface area contributed by atoms with Gasteiger partial charge >= 0.3 is 6.03 Å². The summed E-state index contributed by atoms with van der Waals surface area (Å²) in [6.07, 6.45) is -2.45. The van der Waals surface area contributed by atoms with E-state index in [2.05, 4.69) is 63.4 Å². The van der Waals surface area contributed by atoms with Gasteiger partial charge in [-0.3, -0.25) is 58.4 Å². The summed E-state index contributed by atoms with van der Waals surface area (Å²) in [6, 6.07) is 8.44. The number of primary amides is 2. The van der Waals surface area contributed by atoms with Crippen LogP contribution in [0.1, 0.15) is 83.9 Å². The zero-order valence-corrected chi connectivity index (χ0v) is 49.5. The number of aromatic hydroxyl groups is 1. The number of hydrogen-bond donors (Lipinski definition) is 17. The Morgan fingerprint density at radius 2 is 1.28 bits per heavy atom. The number of aromatic amines is 1. The number of hydrogen-bond acceptors (Lipinski definition) is 15. The first kappa shape index (κ1) is 71.6. The lowest BCUT2D eigenvalue weighted by molar-refractivity contribution is -0.142. The third kappa shape index (κ3) is 22.4. The van der Waals surface area contributed by atoms with Gasteiger partial charge in [0.2, 0.25) is 53.2 Å². The number of para-hydroxylation sites is 1. The Labute approximate surface area is 514 Å². The van der Waals surface area contributed by atoms with Gasteiger partial charge in [0.25, 0.3) is 5.91 Å². The minimum atomic E-state index is -1.89. The highest BCUT2D eigenvalue weighted by atomic mass is 16.3. The summed E-state index contributed by atoms with van der Waals surface area (Å²) in [4.78, 5) is 157. The van der Waals surface area contributed by atoms with Crippen LogP contribution in [-0.2, 0) is 67.2 Å². The number of hydrazine groups is 1. The number of nitrogens with two attached hydrogens (primary N) is 3. The molecular weight excluding hydrogens is 1160 g/mol. The van der Waals surface area contributed by atoms with E-state index in [4.69, 9.17) is 17.2 Å². The smallest absolute Gasteiger partial charge is 0.334 e. The Kier molecular flexibility index (Phi) is 27.8. The number of guanidine groups is 1. The Balaban J connectivity index is 0.0000169. The SMILES string of the molecule is C.CN=C(N)NCCC[C@H](NC(=O)[C@H](CC(C)C)NC(=O)NNC(=O)[C@H](Cc1ccccc1)NC(=O)[C@@H](NC(=O)[C@H](CC(N)=O)NC(=O)[C@@H]1C[C@@H](O)CN1C(=O)[C@@H](Cc1ccc(O)cc1)NC(C)=O)[C@@H](C)O)C(=O)N[C@@H](Cc1c[nH]c2ccccc12)C(N)=O. The molecule has 5 rings (SSSR count). The molecule has 20 N–H and O–H groups in total.